The minimum atomic E-state index is -0.258. The van der Waals surface area contributed by atoms with E-state index in [2.05, 4.69) is 21.2 Å². The summed E-state index contributed by atoms with van der Waals surface area (Å²) in [6.07, 6.45) is 0.282. The number of nitrogens with one attached hydrogen (secondary N) is 1. The number of hydrogen-bond donors (Lipinski definition) is 1. The zero-order valence-electron chi connectivity index (χ0n) is 12.3. The van der Waals surface area contributed by atoms with Gasteiger partial charge in [-0.2, -0.15) is 0 Å². The summed E-state index contributed by atoms with van der Waals surface area (Å²) >= 11 is 3.46. The summed E-state index contributed by atoms with van der Waals surface area (Å²) in [4.78, 5) is 28.0. The van der Waals surface area contributed by atoms with Gasteiger partial charge in [0.2, 0.25) is 11.8 Å². The Labute approximate surface area is 133 Å². The van der Waals surface area contributed by atoms with E-state index in [0.717, 1.165) is 16.7 Å². The van der Waals surface area contributed by atoms with Crippen LogP contribution in [0.1, 0.15) is 6.42 Å². The molecule has 0 radical (unpaired) electrons. The molecule has 1 fully saturated rings. The van der Waals surface area contributed by atoms with Crippen LogP contribution in [0.15, 0.2) is 28.7 Å². The number of benzene rings is 1. The molecule has 2 rings (SSSR count). The van der Waals surface area contributed by atoms with E-state index in [4.69, 9.17) is 0 Å². The van der Waals surface area contributed by atoms with Crippen LogP contribution < -0.4 is 10.2 Å². The number of hydrogen-bond acceptors (Lipinski definition) is 3. The lowest BCUT2D eigenvalue weighted by Gasteiger charge is -2.21. The number of amides is 2. The normalized spacial score (nSPS) is 18.1. The number of halogens is 1. The lowest BCUT2D eigenvalue weighted by atomic mass is 10.1. The molecule has 1 unspecified atom stereocenters. The first kappa shape index (κ1) is 16.0. The molecular weight excluding hydrogens is 334 g/mol. The first-order chi connectivity index (χ1) is 10.0. The van der Waals surface area contributed by atoms with Gasteiger partial charge in [0.15, 0.2) is 0 Å². The predicted octanol–water partition coefficient (Wildman–Crippen LogP) is 1.48. The van der Waals surface area contributed by atoms with Crippen molar-refractivity contribution in [2.24, 2.45) is 5.92 Å². The molecule has 0 saturated carbocycles. The van der Waals surface area contributed by atoms with Crippen molar-refractivity contribution in [3.05, 3.63) is 28.7 Å². The second-order valence-corrected chi connectivity index (χ2v) is 6.07. The molecule has 1 aliphatic rings. The van der Waals surface area contributed by atoms with Crippen molar-refractivity contribution >= 4 is 33.4 Å². The molecule has 1 saturated heterocycles. The van der Waals surface area contributed by atoms with Crippen molar-refractivity contribution in [2.45, 2.75) is 6.42 Å². The van der Waals surface area contributed by atoms with Gasteiger partial charge in [-0.3, -0.25) is 9.59 Å². The van der Waals surface area contributed by atoms with Crippen molar-refractivity contribution in [3.8, 4) is 0 Å². The molecule has 1 aromatic carbocycles. The van der Waals surface area contributed by atoms with Crippen LogP contribution >= 0.6 is 15.9 Å². The van der Waals surface area contributed by atoms with Gasteiger partial charge >= 0.3 is 0 Å². The largest absolute Gasteiger partial charge is 0.344 e. The van der Waals surface area contributed by atoms with Crippen LogP contribution in [0.5, 0.6) is 0 Å². The third-order valence-corrected chi connectivity index (χ3v) is 4.36. The number of para-hydroxylation sites is 1. The smallest absolute Gasteiger partial charge is 0.227 e. The minimum Gasteiger partial charge on any atom is -0.344 e. The molecule has 2 amide bonds. The Morgan fingerprint density at radius 1 is 1.48 bits per heavy atom. The average Bonchev–Trinajstić information content (AvgIpc) is 2.86. The first-order valence-electron chi connectivity index (χ1n) is 6.99. The number of rotatable bonds is 5. The molecule has 21 heavy (non-hydrogen) atoms. The Hall–Kier alpha value is -1.40. The second kappa shape index (κ2) is 7.04. The maximum Gasteiger partial charge on any atom is 0.227 e. The maximum absolute atomic E-state index is 12.4. The third kappa shape index (κ3) is 3.63. The number of carbonyl (C=O) groups excluding carboxylic acids is 2. The molecular formula is C15H20BrN3O2. The third-order valence-electron chi connectivity index (χ3n) is 3.69. The van der Waals surface area contributed by atoms with Crippen LogP contribution in [0, 0.1) is 5.92 Å². The highest BCUT2D eigenvalue weighted by atomic mass is 79.9. The fourth-order valence-electron chi connectivity index (χ4n) is 2.48. The van der Waals surface area contributed by atoms with E-state index < -0.39 is 0 Å². The van der Waals surface area contributed by atoms with Crippen LogP contribution in [0.2, 0.25) is 0 Å². The topological polar surface area (TPSA) is 52.7 Å². The first-order valence-corrected chi connectivity index (χ1v) is 7.78. The zero-order valence-corrected chi connectivity index (χ0v) is 13.9. The summed E-state index contributed by atoms with van der Waals surface area (Å²) in [5.41, 5.74) is 0.829. The number of anilines is 1. The Balaban J connectivity index is 2.06. The highest BCUT2D eigenvalue weighted by molar-refractivity contribution is 9.10. The Kier molecular flexibility index (Phi) is 5.36. The molecule has 0 bridgehead atoms. The average molecular weight is 354 g/mol. The molecule has 1 aliphatic heterocycles. The van der Waals surface area contributed by atoms with Gasteiger partial charge in [0, 0.05) is 37.6 Å². The molecule has 0 aliphatic carbocycles. The SMILES string of the molecule is CNCCN(C)C(=O)C1CC(=O)N(c2ccccc2Br)C1. The van der Waals surface area contributed by atoms with Crippen LogP contribution in [-0.2, 0) is 9.59 Å². The fourth-order valence-corrected chi connectivity index (χ4v) is 2.98. The highest BCUT2D eigenvalue weighted by Gasteiger charge is 2.36. The monoisotopic (exact) mass is 353 g/mol. The van der Waals surface area contributed by atoms with Crippen molar-refractivity contribution in [1.29, 1.82) is 0 Å². The molecule has 1 N–H and O–H groups in total. The van der Waals surface area contributed by atoms with E-state index >= 15 is 0 Å². The summed E-state index contributed by atoms with van der Waals surface area (Å²) in [5, 5.41) is 3.02. The van der Waals surface area contributed by atoms with E-state index in [1.807, 2.05) is 31.3 Å². The van der Waals surface area contributed by atoms with Gasteiger partial charge in [-0.05, 0) is 35.1 Å². The number of likely N-dealkylation sites (N-methyl/N-ethyl adjacent to an activating group) is 2. The summed E-state index contributed by atoms with van der Waals surface area (Å²) in [5.74, 6) is -0.220. The molecule has 6 heteroatoms. The predicted molar refractivity (Wildman–Crippen MR) is 86.2 cm³/mol. The Morgan fingerprint density at radius 3 is 2.86 bits per heavy atom. The van der Waals surface area contributed by atoms with E-state index in [0.29, 0.717) is 13.1 Å². The van der Waals surface area contributed by atoms with Crippen LogP contribution in [-0.4, -0.2) is 50.4 Å². The maximum atomic E-state index is 12.4. The van der Waals surface area contributed by atoms with Crippen molar-refractivity contribution in [1.82, 2.24) is 10.2 Å². The van der Waals surface area contributed by atoms with Gasteiger partial charge in [-0.25, -0.2) is 0 Å². The van der Waals surface area contributed by atoms with Gasteiger partial charge in [0.05, 0.1) is 11.6 Å². The van der Waals surface area contributed by atoms with E-state index in [1.165, 1.54) is 0 Å². The van der Waals surface area contributed by atoms with Crippen molar-refractivity contribution in [2.75, 3.05) is 38.6 Å². The minimum absolute atomic E-state index is 0.00210. The summed E-state index contributed by atoms with van der Waals surface area (Å²) in [6, 6.07) is 7.58. The lowest BCUT2D eigenvalue weighted by molar-refractivity contribution is -0.134. The Morgan fingerprint density at radius 2 is 2.19 bits per heavy atom. The standard InChI is InChI=1S/C15H20BrN3O2/c1-17-7-8-18(2)15(21)11-9-14(20)19(10-11)13-6-4-3-5-12(13)16/h3-6,11,17H,7-10H2,1-2H3. The fraction of sp³-hybridized carbons (Fsp3) is 0.467. The van der Waals surface area contributed by atoms with E-state index in [-0.39, 0.29) is 24.2 Å². The van der Waals surface area contributed by atoms with Crippen LogP contribution in [0.3, 0.4) is 0 Å². The molecule has 1 aromatic rings. The van der Waals surface area contributed by atoms with Gasteiger partial charge in [-0.15, -0.1) is 0 Å². The molecule has 0 spiro atoms. The molecule has 0 aromatic heterocycles. The van der Waals surface area contributed by atoms with Crippen molar-refractivity contribution in [3.63, 3.8) is 0 Å². The lowest BCUT2D eigenvalue weighted by Crippen LogP contribution is -2.38. The second-order valence-electron chi connectivity index (χ2n) is 5.22. The van der Waals surface area contributed by atoms with Crippen LogP contribution in [0.25, 0.3) is 0 Å². The molecule has 114 valence electrons. The van der Waals surface area contributed by atoms with Gasteiger partial charge < -0.3 is 15.1 Å². The van der Waals surface area contributed by atoms with Gasteiger partial charge in [-0.1, -0.05) is 12.1 Å². The van der Waals surface area contributed by atoms with Gasteiger partial charge in [0.25, 0.3) is 0 Å². The van der Waals surface area contributed by atoms with Gasteiger partial charge in [0.1, 0.15) is 0 Å². The zero-order chi connectivity index (χ0) is 15.4. The highest BCUT2D eigenvalue weighted by Crippen LogP contribution is 2.31. The summed E-state index contributed by atoms with van der Waals surface area (Å²) in [7, 11) is 3.64. The summed E-state index contributed by atoms with van der Waals surface area (Å²) < 4.78 is 0.870. The quantitative estimate of drug-likeness (QED) is 0.872. The van der Waals surface area contributed by atoms with E-state index in [1.54, 1.807) is 16.8 Å². The van der Waals surface area contributed by atoms with E-state index in [9.17, 15) is 9.59 Å². The number of carbonyl (C=O) groups is 2. The molecule has 5 nitrogen and oxygen atoms in total. The molecule has 1 atom stereocenters. The van der Waals surface area contributed by atoms with Crippen LogP contribution in [0.4, 0.5) is 5.69 Å². The van der Waals surface area contributed by atoms with Crippen molar-refractivity contribution < 1.29 is 9.59 Å². The Bertz CT molecular complexity index is 535. The molecule has 1 heterocycles. The summed E-state index contributed by atoms with van der Waals surface area (Å²) in [6.45, 7) is 1.84. The number of nitrogens with zero attached hydrogens (tertiary/aromatic N) is 2.